The van der Waals surface area contributed by atoms with Crippen LogP contribution in [0, 0.1) is 0 Å². The Morgan fingerprint density at radius 1 is 1.65 bits per heavy atom. The minimum absolute atomic E-state index is 0.0799. The lowest BCUT2D eigenvalue weighted by atomic mass is 10.4. The molecule has 1 aliphatic heterocycles. The van der Waals surface area contributed by atoms with Crippen molar-refractivity contribution < 1.29 is 19.5 Å². The fourth-order valence-electron chi connectivity index (χ4n) is 1.51. The zero-order valence-corrected chi connectivity index (χ0v) is 9.05. The summed E-state index contributed by atoms with van der Waals surface area (Å²) in [5, 5.41) is 12.7. The molecule has 2 heterocycles. The number of hydrogen-bond acceptors (Lipinski definition) is 5. The van der Waals surface area contributed by atoms with Crippen molar-refractivity contribution in [1.29, 1.82) is 0 Å². The molecule has 1 saturated heterocycles. The van der Waals surface area contributed by atoms with Gasteiger partial charge in [0.05, 0.1) is 19.3 Å². The van der Waals surface area contributed by atoms with Crippen LogP contribution in [0.4, 0.5) is 0 Å². The molecule has 2 rings (SSSR count). The van der Waals surface area contributed by atoms with Crippen LogP contribution in [0.3, 0.4) is 0 Å². The van der Waals surface area contributed by atoms with Crippen molar-refractivity contribution in [2.45, 2.75) is 6.10 Å². The number of nitrogens with zero attached hydrogens (tertiary/aromatic N) is 1. The van der Waals surface area contributed by atoms with Gasteiger partial charge in [-0.2, -0.15) is 5.06 Å². The molecule has 0 spiro atoms. The lowest BCUT2D eigenvalue weighted by Gasteiger charge is -2.12. The van der Waals surface area contributed by atoms with E-state index in [1.54, 1.807) is 18.3 Å². The van der Waals surface area contributed by atoms with Crippen LogP contribution in [0.5, 0.6) is 0 Å². The van der Waals surface area contributed by atoms with Crippen molar-refractivity contribution in [1.82, 2.24) is 15.4 Å². The molecule has 1 atom stereocenters. The minimum Gasteiger partial charge on any atom is -0.389 e. The average Bonchev–Trinajstić information content (AvgIpc) is 2.89. The van der Waals surface area contributed by atoms with E-state index >= 15 is 0 Å². The van der Waals surface area contributed by atoms with E-state index in [0.29, 0.717) is 5.69 Å². The van der Waals surface area contributed by atoms with Crippen LogP contribution in [-0.4, -0.2) is 52.8 Å². The van der Waals surface area contributed by atoms with E-state index in [9.17, 15) is 14.7 Å². The number of hydroxylamine groups is 2. The second-order valence-corrected chi connectivity index (χ2v) is 3.73. The quantitative estimate of drug-likeness (QED) is 0.621. The van der Waals surface area contributed by atoms with Crippen LogP contribution < -0.4 is 5.32 Å². The van der Waals surface area contributed by atoms with Crippen molar-refractivity contribution in [2.24, 2.45) is 0 Å². The topological polar surface area (TPSA) is 94.7 Å². The molecule has 92 valence electrons. The summed E-state index contributed by atoms with van der Waals surface area (Å²) in [6.45, 7) is 0.367. The number of rotatable bonds is 3. The molecule has 1 aromatic heterocycles. The molecule has 1 unspecified atom stereocenters. The van der Waals surface area contributed by atoms with Gasteiger partial charge < -0.3 is 10.1 Å². The van der Waals surface area contributed by atoms with E-state index in [-0.39, 0.29) is 19.7 Å². The van der Waals surface area contributed by atoms with Crippen LogP contribution in [0.2, 0.25) is 0 Å². The summed E-state index contributed by atoms with van der Waals surface area (Å²) in [6.07, 6.45) is 1.01. The number of aromatic amines is 1. The molecule has 0 saturated carbocycles. The maximum absolute atomic E-state index is 11.5. The Labute approximate surface area is 97.3 Å². The maximum atomic E-state index is 11.5. The number of carbonyl (C=O) groups is 2. The zero-order valence-electron chi connectivity index (χ0n) is 9.05. The first-order valence-electron chi connectivity index (χ1n) is 5.18. The molecular weight excluding hydrogens is 226 g/mol. The molecular formula is C10H13N3O4. The van der Waals surface area contributed by atoms with Crippen molar-refractivity contribution in [3.05, 3.63) is 24.0 Å². The Balaban J connectivity index is 1.79. The number of aromatic nitrogens is 1. The van der Waals surface area contributed by atoms with Gasteiger partial charge in [-0.15, -0.1) is 0 Å². The van der Waals surface area contributed by atoms with Gasteiger partial charge >= 0.3 is 0 Å². The van der Waals surface area contributed by atoms with Gasteiger partial charge in [0.25, 0.3) is 5.91 Å². The number of amides is 2. The van der Waals surface area contributed by atoms with Gasteiger partial charge in [-0.05, 0) is 12.1 Å². The van der Waals surface area contributed by atoms with E-state index in [4.69, 9.17) is 4.84 Å². The van der Waals surface area contributed by atoms with E-state index in [1.807, 2.05) is 0 Å². The molecule has 1 aromatic rings. The number of hydrogen-bond donors (Lipinski definition) is 3. The van der Waals surface area contributed by atoms with Gasteiger partial charge in [-0.25, -0.2) is 0 Å². The van der Waals surface area contributed by atoms with Gasteiger partial charge in [0.15, 0.2) is 0 Å². The molecule has 17 heavy (non-hydrogen) atoms. The molecule has 0 radical (unpaired) electrons. The lowest BCUT2D eigenvalue weighted by molar-refractivity contribution is -0.141. The second kappa shape index (κ2) is 5.09. The van der Waals surface area contributed by atoms with Gasteiger partial charge in [-0.1, -0.05) is 0 Å². The highest BCUT2D eigenvalue weighted by atomic mass is 16.7. The van der Waals surface area contributed by atoms with Crippen molar-refractivity contribution in [3.8, 4) is 0 Å². The maximum Gasteiger partial charge on any atom is 0.274 e. The first-order chi connectivity index (χ1) is 8.15. The first-order valence-corrected chi connectivity index (χ1v) is 5.18. The second-order valence-electron chi connectivity index (χ2n) is 3.73. The number of aliphatic hydroxyl groups excluding tert-OH is 1. The Bertz CT molecular complexity index is 404. The summed E-state index contributed by atoms with van der Waals surface area (Å²) in [6, 6.07) is 3.23. The van der Waals surface area contributed by atoms with E-state index < -0.39 is 17.9 Å². The summed E-state index contributed by atoms with van der Waals surface area (Å²) >= 11 is 0. The molecule has 1 aliphatic rings. The monoisotopic (exact) mass is 239 g/mol. The lowest BCUT2D eigenvalue weighted by Crippen LogP contribution is -2.39. The standard InChI is InChI=1S/C10H13N3O4/c14-7-4-13(17-6-7)5-9(15)12-10(16)8-2-1-3-11-8/h1-3,7,11,14H,4-6H2,(H,12,15,16). The predicted molar refractivity (Wildman–Crippen MR) is 56.8 cm³/mol. The number of imide groups is 1. The van der Waals surface area contributed by atoms with Gasteiger partial charge in [0, 0.05) is 6.20 Å². The Morgan fingerprint density at radius 2 is 2.47 bits per heavy atom. The normalized spacial score (nSPS) is 20.4. The molecule has 0 bridgehead atoms. The fraction of sp³-hybridized carbons (Fsp3) is 0.400. The van der Waals surface area contributed by atoms with Gasteiger partial charge in [-0.3, -0.25) is 19.7 Å². The highest BCUT2D eigenvalue weighted by Gasteiger charge is 2.24. The van der Waals surface area contributed by atoms with E-state index in [2.05, 4.69) is 10.3 Å². The van der Waals surface area contributed by atoms with Crippen LogP contribution in [-0.2, 0) is 9.63 Å². The third kappa shape index (κ3) is 3.13. The minimum atomic E-state index is -0.582. The number of aliphatic hydroxyl groups is 1. The Kier molecular flexibility index (Phi) is 3.52. The zero-order chi connectivity index (χ0) is 12.3. The third-order valence-corrected chi connectivity index (χ3v) is 2.28. The molecule has 7 nitrogen and oxygen atoms in total. The van der Waals surface area contributed by atoms with Crippen molar-refractivity contribution in [2.75, 3.05) is 19.7 Å². The smallest absolute Gasteiger partial charge is 0.274 e. The number of β-amino-alcohol motifs (C(OH)–C–C–N with tert-alkyl or cyclic N) is 1. The van der Waals surface area contributed by atoms with Gasteiger partial charge in [0.2, 0.25) is 5.91 Å². The van der Waals surface area contributed by atoms with Crippen LogP contribution >= 0.6 is 0 Å². The number of carbonyl (C=O) groups excluding carboxylic acids is 2. The highest BCUT2D eigenvalue weighted by Crippen LogP contribution is 2.04. The largest absolute Gasteiger partial charge is 0.389 e. The predicted octanol–water partition coefficient (Wildman–Crippen LogP) is -1.12. The number of nitrogens with one attached hydrogen (secondary N) is 2. The molecule has 3 N–H and O–H groups in total. The summed E-state index contributed by atoms with van der Waals surface area (Å²) in [5.74, 6) is -0.960. The SMILES string of the molecule is O=C(CN1CC(O)CO1)NC(=O)c1ccc[nH]1. The van der Waals surface area contributed by atoms with Crippen LogP contribution in [0.15, 0.2) is 18.3 Å². The Morgan fingerprint density at radius 3 is 3.06 bits per heavy atom. The number of H-pyrrole nitrogens is 1. The average molecular weight is 239 g/mol. The molecule has 1 fully saturated rings. The molecule has 0 aromatic carbocycles. The Hall–Kier alpha value is -1.70. The fourth-order valence-corrected chi connectivity index (χ4v) is 1.51. The molecule has 7 heteroatoms. The van der Waals surface area contributed by atoms with Crippen LogP contribution in [0.25, 0.3) is 0 Å². The highest BCUT2D eigenvalue weighted by molar-refractivity contribution is 6.04. The summed E-state index contributed by atoms with van der Waals surface area (Å²) in [5.41, 5.74) is 0.320. The molecule has 0 aliphatic carbocycles. The first kappa shape index (κ1) is 11.8. The van der Waals surface area contributed by atoms with E-state index in [1.165, 1.54) is 5.06 Å². The summed E-state index contributed by atoms with van der Waals surface area (Å²) in [7, 11) is 0. The van der Waals surface area contributed by atoms with Crippen molar-refractivity contribution in [3.63, 3.8) is 0 Å². The molecule has 2 amide bonds. The summed E-state index contributed by atoms with van der Waals surface area (Å²) in [4.78, 5) is 30.6. The van der Waals surface area contributed by atoms with Crippen LogP contribution in [0.1, 0.15) is 10.5 Å². The third-order valence-electron chi connectivity index (χ3n) is 2.28. The van der Waals surface area contributed by atoms with Gasteiger partial charge in [0.1, 0.15) is 12.2 Å². The van der Waals surface area contributed by atoms with Crippen molar-refractivity contribution >= 4 is 11.8 Å². The van der Waals surface area contributed by atoms with E-state index in [0.717, 1.165) is 0 Å². The summed E-state index contributed by atoms with van der Waals surface area (Å²) < 4.78 is 0.